The third-order valence-electron chi connectivity index (χ3n) is 5.26. The maximum Gasteiger partial charge on any atom is 0.339 e. The van der Waals surface area contributed by atoms with Gasteiger partial charge in [-0.15, -0.1) is 0 Å². The zero-order valence-electron chi connectivity index (χ0n) is 16.5. The number of benzene rings is 2. The quantitative estimate of drug-likeness (QED) is 0.535. The van der Waals surface area contributed by atoms with E-state index < -0.39 is 10.1 Å². The van der Waals surface area contributed by atoms with Gasteiger partial charge in [-0.25, -0.2) is 0 Å². The third-order valence-corrected chi connectivity index (χ3v) is 6.51. The van der Waals surface area contributed by atoms with Crippen LogP contribution in [0.5, 0.6) is 11.5 Å². The van der Waals surface area contributed by atoms with Gasteiger partial charge in [0.05, 0.1) is 0 Å². The molecule has 0 amide bonds. The first kappa shape index (κ1) is 20.2. The van der Waals surface area contributed by atoms with Crippen LogP contribution in [0.15, 0.2) is 71.2 Å². The van der Waals surface area contributed by atoms with Crippen LogP contribution in [0.3, 0.4) is 0 Å². The minimum Gasteiger partial charge on any atom is -0.504 e. The highest BCUT2D eigenvalue weighted by molar-refractivity contribution is 7.87. The Morgan fingerprint density at radius 3 is 2.43 bits per heavy atom. The summed E-state index contributed by atoms with van der Waals surface area (Å²) in [5.41, 5.74) is 4.29. The Bertz CT molecular complexity index is 1020. The van der Waals surface area contributed by atoms with E-state index in [9.17, 15) is 13.5 Å². The van der Waals surface area contributed by atoms with Gasteiger partial charge in [0.1, 0.15) is 4.90 Å². The van der Waals surface area contributed by atoms with Crippen molar-refractivity contribution in [3.05, 3.63) is 77.4 Å². The Hall–Kier alpha value is -2.53. The molecule has 2 aromatic rings. The van der Waals surface area contributed by atoms with E-state index in [2.05, 4.69) is 19.6 Å². The Morgan fingerprint density at radius 1 is 1.14 bits per heavy atom. The molecule has 0 fully saturated rings. The summed E-state index contributed by atoms with van der Waals surface area (Å²) in [6, 6.07) is 11.3. The highest BCUT2D eigenvalue weighted by Gasteiger charge is 2.27. The molecule has 28 heavy (non-hydrogen) atoms. The summed E-state index contributed by atoms with van der Waals surface area (Å²) in [5.74, 6) is 0.143. The van der Waals surface area contributed by atoms with Crippen LogP contribution in [0, 0.1) is 12.8 Å². The van der Waals surface area contributed by atoms with Gasteiger partial charge < -0.3 is 9.29 Å². The molecule has 5 heteroatoms. The first-order chi connectivity index (χ1) is 13.2. The lowest BCUT2D eigenvalue weighted by Gasteiger charge is -2.30. The van der Waals surface area contributed by atoms with Crippen LogP contribution < -0.4 is 4.18 Å². The van der Waals surface area contributed by atoms with E-state index in [1.807, 2.05) is 19.9 Å². The second-order valence-electron chi connectivity index (χ2n) is 7.61. The predicted molar refractivity (Wildman–Crippen MR) is 111 cm³/mol. The number of rotatable bonds is 5. The smallest absolute Gasteiger partial charge is 0.339 e. The van der Waals surface area contributed by atoms with Gasteiger partial charge in [0, 0.05) is 5.92 Å². The number of phenolic OH excluding ortho intramolecular Hbond substituents is 1. The van der Waals surface area contributed by atoms with Crippen molar-refractivity contribution in [2.24, 2.45) is 5.92 Å². The van der Waals surface area contributed by atoms with Crippen LogP contribution in [0.25, 0.3) is 0 Å². The summed E-state index contributed by atoms with van der Waals surface area (Å²) in [6.07, 6.45) is 4.26. The van der Waals surface area contributed by atoms with Gasteiger partial charge >= 0.3 is 10.1 Å². The van der Waals surface area contributed by atoms with Crippen molar-refractivity contribution in [1.82, 2.24) is 0 Å². The van der Waals surface area contributed by atoms with Crippen molar-refractivity contribution in [3.63, 3.8) is 0 Å². The van der Waals surface area contributed by atoms with Gasteiger partial charge in [0.25, 0.3) is 0 Å². The number of aromatic hydroxyl groups is 1. The Kier molecular flexibility index (Phi) is 5.66. The molecule has 0 heterocycles. The molecule has 0 aliphatic heterocycles. The summed E-state index contributed by atoms with van der Waals surface area (Å²) >= 11 is 0. The Balaban J connectivity index is 1.89. The lowest BCUT2D eigenvalue weighted by Crippen LogP contribution is -2.17. The maximum atomic E-state index is 12.5. The number of allylic oxidation sites excluding steroid dienone is 3. The zero-order chi connectivity index (χ0) is 20.5. The third kappa shape index (κ3) is 4.30. The van der Waals surface area contributed by atoms with Gasteiger partial charge in [-0.05, 0) is 69.4 Å². The van der Waals surface area contributed by atoms with Crippen molar-refractivity contribution >= 4 is 10.1 Å². The van der Waals surface area contributed by atoms with Crippen LogP contribution >= 0.6 is 0 Å². The average molecular weight is 399 g/mol. The van der Waals surface area contributed by atoms with Crippen LogP contribution in [0.1, 0.15) is 43.7 Å². The largest absolute Gasteiger partial charge is 0.504 e. The zero-order valence-corrected chi connectivity index (χ0v) is 17.3. The summed E-state index contributed by atoms with van der Waals surface area (Å²) < 4.78 is 30.1. The number of hydrogen-bond donors (Lipinski definition) is 1. The van der Waals surface area contributed by atoms with Crippen LogP contribution in [-0.2, 0) is 10.1 Å². The molecule has 2 aromatic carbocycles. The van der Waals surface area contributed by atoms with Crippen molar-refractivity contribution in [3.8, 4) is 11.5 Å². The molecule has 0 aromatic heterocycles. The molecule has 0 spiro atoms. The summed E-state index contributed by atoms with van der Waals surface area (Å²) in [7, 11) is -4.01. The molecule has 0 saturated carbocycles. The van der Waals surface area contributed by atoms with E-state index in [0.717, 1.165) is 29.5 Å². The van der Waals surface area contributed by atoms with Crippen LogP contribution in [0.2, 0.25) is 0 Å². The predicted octanol–water partition coefficient (Wildman–Crippen LogP) is 5.48. The number of hydrogen-bond acceptors (Lipinski definition) is 4. The molecular weight excluding hydrogens is 372 g/mol. The average Bonchev–Trinajstić information content (AvgIpc) is 2.63. The molecule has 3 rings (SSSR count). The first-order valence-corrected chi connectivity index (χ1v) is 10.7. The second kappa shape index (κ2) is 7.84. The standard InChI is InChI=1S/C23H26O4S/c1-15(2)20-11-7-17(4)13-21(20)18-8-12-23(22(24)14-18)27-28(25,26)19-9-5-16(3)6-10-19/h5-6,8-10,12-14,20-21,24H,1,7,11H2,2-4H3/t20-,21-/m0/s1. The normalized spacial score (nSPS) is 19.8. The maximum absolute atomic E-state index is 12.5. The first-order valence-electron chi connectivity index (χ1n) is 9.34. The van der Waals surface area contributed by atoms with Crippen molar-refractivity contribution < 1.29 is 17.7 Å². The van der Waals surface area contributed by atoms with Gasteiger partial charge in [-0.1, -0.05) is 47.6 Å². The number of phenols is 1. The minimum absolute atomic E-state index is 0.0507. The molecule has 0 saturated heterocycles. The summed E-state index contributed by atoms with van der Waals surface area (Å²) in [4.78, 5) is 0.0507. The van der Waals surface area contributed by atoms with E-state index in [-0.39, 0.29) is 22.3 Å². The number of aryl methyl sites for hydroxylation is 1. The van der Waals surface area contributed by atoms with E-state index >= 15 is 0 Å². The van der Waals surface area contributed by atoms with Gasteiger partial charge in [-0.3, -0.25) is 0 Å². The van der Waals surface area contributed by atoms with Crippen LogP contribution in [-0.4, -0.2) is 13.5 Å². The molecular formula is C23H26O4S. The molecule has 1 aliphatic rings. The molecule has 0 bridgehead atoms. The Morgan fingerprint density at radius 2 is 1.82 bits per heavy atom. The van der Waals surface area contributed by atoms with E-state index in [0.29, 0.717) is 5.92 Å². The van der Waals surface area contributed by atoms with E-state index in [1.54, 1.807) is 18.2 Å². The summed E-state index contributed by atoms with van der Waals surface area (Å²) in [5, 5.41) is 10.4. The van der Waals surface area contributed by atoms with Crippen LogP contribution in [0.4, 0.5) is 0 Å². The Labute approximate surface area is 167 Å². The second-order valence-corrected chi connectivity index (χ2v) is 9.15. The molecule has 4 nitrogen and oxygen atoms in total. The fourth-order valence-corrected chi connectivity index (χ4v) is 4.58. The van der Waals surface area contributed by atoms with Gasteiger partial charge in [0.2, 0.25) is 0 Å². The highest BCUT2D eigenvalue weighted by Crippen LogP contribution is 2.42. The topological polar surface area (TPSA) is 63.6 Å². The van der Waals surface area contributed by atoms with Crippen molar-refractivity contribution in [2.75, 3.05) is 0 Å². The molecule has 148 valence electrons. The highest BCUT2D eigenvalue weighted by atomic mass is 32.2. The lowest BCUT2D eigenvalue weighted by molar-refractivity contribution is 0.425. The van der Waals surface area contributed by atoms with Gasteiger partial charge in [0.15, 0.2) is 11.5 Å². The van der Waals surface area contributed by atoms with E-state index in [1.165, 1.54) is 23.8 Å². The van der Waals surface area contributed by atoms with Crippen molar-refractivity contribution in [1.29, 1.82) is 0 Å². The fourth-order valence-electron chi connectivity index (χ4n) is 3.63. The van der Waals surface area contributed by atoms with Gasteiger partial charge in [-0.2, -0.15) is 8.42 Å². The molecule has 0 unspecified atom stereocenters. The van der Waals surface area contributed by atoms with Crippen molar-refractivity contribution in [2.45, 2.75) is 44.4 Å². The molecule has 1 aliphatic carbocycles. The fraction of sp³-hybridized carbons (Fsp3) is 0.304. The molecule has 0 radical (unpaired) electrons. The van der Waals surface area contributed by atoms with E-state index in [4.69, 9.17) is 4.18 Å². The monoisotopic (exact) mass is 398 g/mol. The SMILES string of the molecule is C=C(C)[C@@H]1CCC(C)=C[C@H]1c1ccc(OS(=O)(=O)c2ccc(C)cc2)c(O)c1. The molecule has 2 atom stereocenters. The molecule has 1 N–H and O–H groups in total. The summed E-state index contributed by atoms with van der Waals surface area (Å²) in [6.45, 7) is 10.1. The minimum atomic E-state index is -4.01. The lowest BCUT2D eigenvalue weighted by atomic mass is 9.74.